The van der Waals surface area contributed by atoms with Gasteiger partial charge in [-0.25, -0.2) is 0 Å². The Labute approximate surface area is 188 Å². The number of amides is 1. The number of halogens is 4. The summed E-state index contributed by atoms with van der Waals surface area (Å²) in [6, 6.07) is 9.79. The molecule has 172 valence electrons. The first-order chi connectivity index (χ1) is 15.6. The van der Waals surface area contributed by atoms with Crippen molar-refractivity contribution < 1.29 is 22.4 Å². The first-order valence-corrected chi connectivity index (χ1v) is 10.7. The molecular formula is C24H22F4N4O. The summed E-state index contributed by atoms with van der Waals surface area (Å²) in [5.41, 5.74) is 0.482. The molecule has 2 aromatic carbocycles. The van der Waals surface area contributed by atoms with Gasteiger partial charge in [0.05, 0.1) is 24.2 Å². The number of fused-ring (bicyclic) bond motifs is 1. The molecular weight excluding hydrogens is 436 g/mol. The second-order valence-electron chi connectivity index (χ2n) is 9.05. The van der Waals surface area contributed by atoms with Gasteiger partial charge in [-0.3, -0.25) is 9.18 Å². The number of alkyl halides is 4. The van der Waals surface area contributed by atoms with Crippen LogP contribution in [-0.2, 0) is 25.2 Å². The SMILES string of the molecule is Cc1cc2c(c(C(F)(F)F)c1)CN(c1cccc(C3(c4nncn4C)CC(CF)C3)c1)C2=O. The van der Waals surface area contributed by atoms with E-state index in [0.29, 0.717) is 29.9 Å². The molecule has 0 radical (unpaired) electrons. The Kier molecular flexibility index (Phi) is 4.84. The molecule has 33 heavy (non-hydrogen) atoms. The number of aromatic nitrogens is 3. The van der Waals surface area contributed by atoms with Gasteiger partial charge in [0, 0.05) is 18.3 Å². The molecule has 5 nitrogen and oxygen atoms in total. The van der Waals surface area contributed by atoms with E-state index in [2.05, 4.69) is 10.2 Å². The summed E-state index contributed by atoms with van der Waals surface area (Å²) in [6.45, 7) is 0.963. The number of anilines is 1. The summed E-state index contributed by atoms with van der Waals surface area (Å²) in [5.74, 6) is 0.148. The number of benzene rings is 2. The van der Waals surface area contributed by atoms with Crippen LogP contribution in [0.4, 0.5) is 23.2 Å². The van der Waals surface area contributed by atoms with Crippen LogP contribution in [0, 0.1) is 12.8 Å². The van der Waals surface area contributed by atoms with E-state index in [4.69, 9.17) is 0 Å². The third-order valence-electron chi connectivity index (χ3n) is 6.83. The van der Waals surface area contributed by atoms with E-state index in [-0.39, 0.29) is 23.6 Å². The number of carbonyl (C=O) groups excluding carboxylic acids is 1. The second-order valence-corrected chi connectivity index (χ2v) is 9.05. The summed E-state index contributed by atoms with van der Waals surface area (Å²) in [6.07, 6.45) is -1.86. The molecule has 0 spiro atoms. The smallest absolute Gasteiger partial charge is 0.320 e. The molecule has 1 amide bonds. The Morgan fingerprint density at radius 1 is 1.18 bits per heavy atom. The van der Waals surface area contributed by atoms with Gasteiger partial charge in [-0.05, 0) is 66.6 Å². The van der Waals surface area contributed by atoms with Crippen LogP contribution >= 0.6 is 0 Å². The van der Waals surface area contributed by atoms with Crippen LogP contribution in [0.2, 0.25) is 0 Å². The molecule has 1 aliphatic heterocycles. The van der Waals surface area contributed by atoms with Crippen LogP contribution in [0.5, 0.6) is 0 Å². The van der Waals surface area contributed by atoms with Gasteiger partial charge < -0.3 is 9.47 Å². The first-order valence-electron chi connectivity index (χ1n) is 10.7. The van der Waals surface area contributed by atoms with Crippen molar-refractivity contribution in [2.75, 3.05) is 11.6 Å². The van der Waals surface area contributed by atoms with Gasteiger partial charge >= 0.3 is 6.18 Å². The van der Waals surface area contributed by atoms with Gasteiger partial charge in [0.25, 0.3) is 5.91 Å². The lowest BCUT2D eigenvalue weighted by atomic mass is 9.58. The lowest BCUT2D eigenvalue weighted by molar-refractivity contribution is -0.138. The minimum atomic E-state index is -4.54. The normalized spacial score (nSPS) is 22.4. The fourth-order valence-corrected chi connectivity index (χ4v) is 5.28. The molecule has 5 rings (SSSR count). The van der Waals surface area contributed by atoms with Crippen molar-refractivity contribution >= 4 is 11.6 Å². The fraction of sp³-hybridized carbons (Fsp3) is 0.375. The Hall–Kier alpha value is -3.23. The van der Waals surface area contributed by atoms with Gasteiger partial charge in [-0.15, -0.1) is 10.2 Å². The maximum atomic E-state index is 13.6. The highest BCUT2D eigenvalue weighted by Crippen LogP contribution is 2.52. The van der Waals surface area contributed by atoms with E-state index in [1.807, 2.05) is 19.2 Å². The van der Waals surface area contributed by atoms with E-state index in [1.54, 1.807) is 30.0 Å². The molecule has 1 aliphatic carbocycles. The molecule has 1 saturated carbocycles. The Bertz CT molecular complexity index is 1240. The minimum absolute atomic E-state index is 0.00680. The zero-order valence-corrected chi connectivity index (χ0v) is 18.2. The molecule has 9 heteroatoms. The summed E-state index contributed by atoms with van der Waals surface area (Å²) >= 11 is 0. The van der Waals surface area contributed by atoms with Crippen molar-refractivity contribution in [1.29, 1.82) is 0 Å². The van der Waals surface area contributed by atoms with Crippen molar-refractivity contribution in [2.24, 2.45) is 13.0 Å². The van der Waals surface area contributed by atoms with Gasteiger partial charge in [0.1, 0.15) is 12.2 Å². The van der Waals surface area contributed by atoms with Crippen LogP contribution in [0.1, 0.15) is 51.3 Å². The number of rotatable bonds is 4. The van der Waals surface area contributed by atoms with Gasteiger partial charge in [-0.2, -0.15) is 13.2 Å². The highest BCUT2D eigenvalue weighted by Gasteiger charge is 2.50. The molecule has 1 fully saturated rings. The van der Waals surface area contributed by atoms with Crippen molar-refractivity contribution in [3.63, 3.8) is 0 Å². The topological polar surface area (TPSA) is 51.0 Å². The zero-order chi connectivity index (χ0) is 23.5. The number of nitrogens with zero attached hydrogens (tertiary/aromatic N) is 4. The number of hydrogen-bond donors (Lipinski definition) is 0. The van der Waals surface area contributed by atoms with Crippen LogP contribution in [-0.4, -0.2) is 27.3 Å². The fourth-order valence-electron chi connectivity index (χ4n) is 5.28. The van der Waals surface area contributed by atoms with E-state index in [0.717, 1.165) is 11.6 Å². The predicted molar refractivity (Wildman–Crippen MR) is 114 cm³/mol. The quantitative estimate of drug-likeness (QED) is 0.519. The molecule has 0 atom stereocenters. The summed E-state index contributed by atoms with van der Waals surface area (Å²) in [7, 11) is 1.82. The predicted octanol–water partition coefficient (Wildman–Crippen LogP) is 4.97. The van der Waals surface area contributed by atoms with E-state index in [1.165, 1.54) is 11.0 Å². The largest absolute Gasteiger partial charge is 0.416 e. The third-order valence-corrected chi connectivity index (χ3v) is 6.83. The average Bonchev–Trinajstić information content (AvgIpc) is 3.31. The number of aryl methyl sites for hydroxylation is 2. The van der Waals surface area contributed by atoms with Crippen LogP contribution in [0.3, 0.4) is 0 Å². The molecule has 0 N–H and O–H groups in total. The Morgan fingerprint density at radius 2 is 1.94 bits per heavy atom. The number of carbonyl (C=O) groups is 1. The Balaban J connectivity index is 1.55. The van der Waals surface area contributed by atoms with Crippen molar-refractivity contribution in [2.45, 2.75) is 37.9 Å². The van der Waals surface area contributed by atoms with E-state index in [9.17, 15) is 22.4 Å². The van der Waals surface area contributed by atoms with Crippen molar-refractivity contribution in [3.8, 4) is 0 Å². The molecule has 0 bridgehead atoms. The summed E-state index contributed by atoms with van der Waals surface area (Å²) < 4.78 is 56.1. The minimum Gasteiger partial charge on any atom is -0.320 e. The summed E-state index contributed by atoms with van der Waals surface area (Å²) in [4.78, 5) is 14.5. The highest BCUT2D eigenvalue weighted by molar-refractivity contribution is 6.10. The highest BCUT2D eigenvalue weighted by atomic mass is 19.4. The lowest BCUT2D eigenvalue weighted by Gasteiger charge is -2.46. The molecule has 0 unspecified atom stereocenters. The maximum Gasteiger partial charge on any atom is 0.416 e. The molecule has 0 saturated heterocycles. The van der Waals surface area contributed by atoms with Crippen LogP contribution in [0.15, 0.2) is 42.7 Å². The van der Waals surface area contributed by atoms with E-state index >= 15 is 0 Å². The maximum absolute atomic E-state index is 13.6. The van der Waals surface area contributed by atoms with Crippen molar-refractivity contribution in [3.05, 3.63) is 76.4 Å². The van der Waals surface area contributed by atoms with E-state index < -0.39 is 29.7 Å². The standard InChI is InChI=1S/C24H22F4N4O/c1-14-6-18-19(20(7-14)24(26,27)28)12-32(21(18)33)17-5-3-4-16(8-17)23(9-15(10-23)11-25)22-30-29-13-31(22)2/h3-8,13,15H,9-12H2,1-2H3. The summed E-state index contributed by atoms with van der Waals surface area (Å²) in [5, 5.41) is 8.24. The molecule has 3 aromatic rings. The van der Waals surface area contributed by atoms with Crippen molar-refractivity contribution in [1.82, 2.24) is 14.8 Å². The first kappa shape index (κ1) is 21.6. The number of hydrogen-bond acceptors (Lipinski definition) is 3. The third kappa shape index (κ3) is 3.32. The average molecular weight is 458 g/mol. The molecule has 2 aliphatic rings. The zero-order valence-electron chi connectivity index (χ0n) is 18.2. The monoisotopic (exact) mass is 458 g/mol. The lowest BCUT2D eigenvalue weighted by Crippen LogP contribution is -2.45. The molecule has 2 heterocycles. The second kappa shape index (κ2) is 7.40. The Morgan fingerprint density at radius 3 is 2.58 bits per heavy atom. The van der Waals surface area contributed by atoms with Crippen LogP contribution < -0.4 is 4.90 Å². The van der Waals surface area contributed by atoms with Gasteiger partial charge in [-0.1, -0.05) is 12.1 Å². The van der Waals surface area contributed by atoms with Gasteiger partial charge in [0.2, 0.25) is 0 Å². The van der Waals surface area contributed by atoms with Crippen LogP contribution in [0.25, 0.3) is 0 Å². The van der Waals surface area contributed by atoms with Gasteiger partial charge in [0.15, 0.2) is 0 Å². The molecule has 1 aromatic heterocycles.